The standard InChI is InChI=1S/C13H18O3/c1-10(2)8-16-9-12(13(14)15)11-6-4-3-5-7-11/h3-7,10,12H,8-9H2,1-2H3,(H,14,15). The van der Waals surface area contributed by atoms with Gasteiger partial charge >= 0.3 is 5.97 Å². The lowest BCUT2D eigenvalue weighted by Gasteiger charge is -2.14. The Morgan fingerprint density at radius 3 is 2.38 bits per heavy atom. The first-order chi connectivity index (χ1) is 7.61. The quantitative estimate of drug-likeness (QED) is 0.804. The Balaban J connectivity index is 2.59. The molecule has 0 fully saturated rings. The minimum atomic E-state index is -0.838. The Hall–Kier alpha value is -1.35. The van der Waals surface area contributed by atoms with E-state index in [0.29, 0.717) is 12.5 Å². The van der Waals surface area contributed by atoms with Crippen molar-refractivity contribution in [3.05, 3.63) is 35.9 Å². The number of carboxylic acid groups (broad SMARTS) is 1. The van der Waals surface area contributed by atoms with Crippen LogP contribution < -0.4 is 0 Å². The van der Waals surface area contributed by atoms with E-state index < -0.39 is 11.9 Å². The third kappa shape index (κ3) is 4.03. The Kier molecular flexibility index (Phi) is 4.99. The van der Waals surface area contributed by atoms with Crippen molar-refractivity contribution >= 4 is 5.97 Å². The average Bonchev–Trinajstić information content (AvgIpc) is 2.25. The molecule has 0 aliphatic heterocycles. The van der Waals surface area contributed by atoms with Gasteiger partial charge in [0.2, 0.25) is 0 Å². The van der Waals surface area contributed by atoms with Gasteiger partial charge in [-0.25, -0.2) is 0 Å². The molecular formula is C13H18O3. The zero-order chi connectivity index (χ0) is 12.0. The van der Waals surface area contributed by atoms with Gasteiger partial charge in [-0.2, -0.15) is 0 Å². The summed E-state index contributed by atoms with van der Waals surface area (Å²) in [5, 5.41) is 9.11. The van der Waals surface area contributed by atoms with Gasteiger partial charge < -0.3 is 9.84 Å². The molecule has 0 aromatic heterocycles. The second-order valence-corrected chi connectivity index (χ2v) is 4.23. The van der Waals surface area contributed by atoms with Crippen molar-refractivity contribution in [3.8, 4) is 0 Å². The van der Waals surface area contributed by atoms with Gasteiger partial charge in [-0.1, -0.05) is 44.2 Å². The zero-order valence-electron chi connectivity index (χ0n) is 9.72. The molecule has 88 valence electrons. The normalized spacial score (nSPS) is 12.7. The maximum Gasteiger partial charge on any atom is 0.313 e. The highest BCUT2D eigenvalue weighted by molar-refractivity contribution is 5.76. The van der Waals surface area contributed by atoms with Gasteiger partial charge in [-0.05, 0) is 11.5 Å². The summed E-state index contributed by atoms with van der Waals surface area (Å²) in [5.41, 5.74) is 0.791. The van der Waals surface area contributed by atoms with Gasteiger partial charge in [0, 0.05) is 6.61 Å². The van der Waals surface area contributed by atoms with E-state index in [4.69, 9.17) is 9.84 Å². The topological polar surface area (TPSA) is 46.5 Å². The van der Waals surface area contributed by atoms with Crippen molar-refractivity contribution in [1.82, 2.24) is 0 Å². The molecule has 1 rings (SSSR count). The first-order valence-corrected chi connectivity index (χ1v) is 5.46. The van der Waals surface area contributed by atoms with Crippen LogP contribution in [-0.2, 0) is 9.53 Å². The molecule has 3 nitrogen and oxygen atoms in total. The second-order valence-electron chi connectivity index (χ2n) is 4.23. The van der Waals surface area contributed by atoms with E-state index in [9.17, 15) is 4.79 Å². The predicted molar refractivity (Wildman–Crippen MR) is 62.5 cm³/mol. The molecule has 0 aliphatic rings. The first-order valence-electron chi connectivity index (χ1n) is 5.46. The summed E-state index contributed by atoms with van der Waals surface area (Å²) in [6, 6.07) is 9.19. The van der Waals surface area contributed by atoms with E-state index in [1.54, 1.807) is 0 Å². The Morgan fingerprint density at radius 2 is 1.88 bits per heavy atom. The number of aliphatic carboxylic acids is 1. The molecule has 1 N–H and O–H groups in total. The van der Waals surface area contributed by atoms with Crippen LogP contribution in [0.4, 0.5) is 0 Å². The van der Waals surface area contributed by atoms with Crippen LogP contribution in [0, 0.1) is 5.92 Å². The van der Waals surface area contributed by atoms with E-state index in [2.05, 4.69) is 0 Å². The van der Waals surface area contributed by atoms with Crippen LogP contribution in [0.15, 0.2) is 30.3 Å². The molecule has 0 aliphatic carbocycles. The Labute approximate surface area is 96.1 Å². The molecular weight excluding hydrogens is 204 g/mol. The second kappa shape index (κ2) is 6.28. The maximum atomic E-state index is 11.1. The number of carbonyl (C=O) groups is 1. The molecule has 0 radical (unpaired) electrons. The molecule has 1 unspecified atom stereocenters. The summed E-state index contributed by atoms with van der Waals surface area (Å²) in [4.78, 5) is 11.1. The lowest BCUT2D eigenvalue weighted by molar-refractivity contribution is -0.140. The summed E-state index contributed by atoms with van der Waals surface area (Å²) in [5.74, 6) is -0.986. The average molecular weight is 222 g/mol. The van der Waals surface area contributed by atoms with E-state index in [-0.39, 0.29) is 6.61 Å². The van der Waals surface area contributed by atoms with Crippen molar-refractivity contribution in [3.63, 3.8) is 0 Å². The SMILES string of the molecule is CC(C)COCC(C(=O)O)c1ccccc1. The van der Waals surface area contributed by atoms with Gasteiger partial charge in [0.05, 0.1) is 6.61 Å². The van der Waals surface area contributed by atoms with Gasteiger partial charge in [0.25, 0.3) is 0 Å². The molecule has 0 spiro atoms. The molecule has 0 saturated carbocycles. The third-order valence-electron chi connectivity index (χ3n) is 2.24. The molecule has 0 heterocycles. The molecule has 3 heteroatoms. The third-order valence-corrected chi connectivity index (χ3v) is 2.24. The molecule has 0 bridgehead atoms. The van der Waals surface area contributed by atoms with E-state index in [0.717, 1.165) is 5.56 Å². The number of benzene rings is 1. The summed E-state index contributed by atoms with van der Waals surface area (Å²) in [6.07, 6.45) is 0. The number of hydrogen-bond donors (Lipinski definition) is 1. The van der Waals surface area contributed by atoms with Crippen molar-refractivity contribution in [2.24, 2.45) is 5.92 Å². The summed E-state index contributed by atoms with van der Waals surface area (Å²) >= 11 is 0. The fourth-order valence-electron chi connectivity index (χ4n) is 1.42. The van der Waals surface area contributed by atoms with Gasteiger partial charge in [0.15, 0.2) is 0 Å². The summed E-state index contributed by atoms with van der Waals surface area (Å²) in [7, 11) is 0. The van der Waals surface area contributed by atoms with E-state index in [1.807, 2.05) is 44.2 Å². The lowest BCUT2D eigenvalue weighted by atomic mass is 10.0. The van der Waals surface area contributed by atoms with Crippen LogP contribution in [0.3, 0.4) is 0 Å². The molecule has 1 aromatic carbocycles. The molecule has 0 amide bonds. The van der Waals surface area contributed by atoms with E-state index >= 15 is 0 Å². The Bertz CT molecular complexity index is 319. The number of ether oxygens (including phenoxy) is 1. The molecule has 16 heavy (non-hydrogen) atoms. The molecule has 0 saturated heterocycles. The Morgan fingerprint density at radius 1 is 1.25 bits per heavy atom. The van der Waals surface area contributed by atoms with Crippen molar-refractivity contribution in [2.75, 3.05) is 13.2 Å². The highest BCUT2D eigenvalue weighted by Gasteiger charge is 2.19. The smallest absolute Gasteiger partial charge is 0.313 e. The lowest BCUT2D eigenvalue weighted by Crippen LogP contribution is -2.19. The highest BCUT2D eigenvalue weighted by atomic mass is 16.5. The highest BCUT2D eigenvalue weighted by Crippen LogP contribution is 2.16. The minimum Gasteiger partial charge on any atom is -0.481 e. The zero-order valence-corrected chi connectivity index (χ0v) is 9.72. The van der Waals surface area contributed by atoms with E-state index in [1.165, 1.54) is 0 Å². The fourth-order valence-corrected chi connectivity index (χ4v) is 1.42. The summed E-state index contributed by atoms with van der Waals surface area (Å²) < 4.78 is 5.39. The number of hydrogen-bond acceptors (Lipinski definition) is 2. The number of carboxylic acids is 1. The van der Waals surface area contributed by atoms with Crippen LogP contribution in [0.2, 0.25) is 0 Å². The van der Waals surface area contributed by atoms with Crippen LogP contribution in [-0.4, -0.2) is 24.3 Å². The first kappa shape index (κ1) is 12.7. The summed E-state index contributed by atoms with van der Waals surface area (Å²) in [6.45, 7) is 4.91. The van der Waals surface area contributed by atoms with Crippen LogP contribution >= 0.6 is 0 Å². The van der Waals surface area contributed by atoms with Gasteiger partial charge in [-0.15, -0.1) is 0 Å². The van der Waals surface area contributed by atoms with Crippen molar-refractivity contribution in [1.29, 1.82) is 0 Å². The predicted octanol–water partition coefficient (Wildman–Crippen LogP) is 2.53. The fraction of sp³-hybridized carbons (Fsp3) is 0.462. The maximum absolute atomic E-state index is 11.1. The molecule has 1 atom stereocenters. The minimum absolute atomic E-state index is 0.234. The largest absolute Gasteiger partial charge is 0.481 e. The van der Waals surface area contributed by atoms with Crippen molar-refractivity contribution in [2.45, 2.75) is 19.8 Å². The molecule has 1 aromatic rings. The van der Waals surface area contributed by atoms with Crippen molar-refractivity contribution < 1.29 is 14.6 Å². The van der Waals surface area contributed by atoms with Gasteiger partial charge in [-0.3, -0.25) is 4.79 Å². The van der Waals surface area contributed by atoms with Crippen LogP contribution in [0.25, 0.3) is 0 Å². The van der Waals surface area contributed by atoms with Crippen LogP contribution in [0.5, 0.6) is 0 Å². The van der Waals surface area contributed by atoms with Gasteiger partial charge in [0.1, 0.15) is 5.92 Å². The van der Waals surface area contributed by atoms with Crippen LogP contribution in [0.1, 0.15) is 25.3 Å². The monoisotopic (exact) mass is 222 g/mol. The number of rotatable bonds is 6.